The van der Waals surface area contributed by atoms with E-state index < -0.39 is 5.60 Å². The Balaban J connectivity index is 1.86. The lowest BCUT2D eigenvalue weighted by Crippen LogP contribution is -2.45. The number of aromatic nitrogens is 2. The highest BCUT2D eigenvalue weighted by molar-refractivity contribution is 6.36. The maximum absolute atomic E-state index is 13.0. The SMILES string of the molecule is CCn1nc(C(=O)NCC2(O)CCC(C)CC2)c(Cl)c1-c1ccc(CC(C)(C)C)cc1OC. The van der Waals surface area contributed by atoms with Gasteiger partial charge in [0.2, 0.25) is 0 Å². The molecule has 0 aliphatic heterocycles. The molecule has 182 valence electrons. The van der Waals surface area contributed by atoms with E-state index in [0.29, 0.717) is 41.8 Å². The van der Waals surface area contributed by atoms with Gasteiger partial charge in [-0.1, -0.05) is 45.4 Å². The second-order valence-electron chi connectivity index (χ2n) is 10.7. The molecule has 0 saturated heterocycles. The molecule has 7 heteroatoms. The number of hydrogen-bond donors (Lipinski definition) is 2. The van der Waals surface area contributed by atoms with Crippen LogP contribution in [0.25, 0.3) is 11.3 Å². The first kappa shape index (κ1) is 25.6. The third-order valence-electron chi connectivity index (χ3n) is 6.45. The number of carbonyl (C=O) groups is 1. The maximum Gasteiger partial charge on any atom is 0.273 e. The number of nitrogens with zero attached hydrogens (tertiary/aromatic N) is 2. The van der Waals surface area contributed by atoms with Gasteiger partial charge in [0, 0.05) is 18.7 Å². The van der Waals surface area contributed by atoms with Crippen LogP contribution in [0.2, 0.25) is 5.02 Å². The van der Waals surface area contributed by atoms with Crippen molar-refractivity contribution in [2.24, 2.45) is 11.3 Å². The normalized spacial score (nSPS) is 21.2. The lowest BCUT2D eigenvalue weighted by Gasteiger charge is -2.34. The van der Waals surface area contributed by atoms with Crippen LogP contribution in [0.5, 0.6) is 5.75 Å². The number of benzene rings is 1. The molecule has 6 nitrogen and oxygen atoms in total. The fraction of sp³-hybridized carbons (Fsp3) is 0.615. The molecule has 0 radical (unpaired) electrons. The van der Waals surface area contributed by atoms with Gasteiger partial charge in [-0.3, -0.25) is 9.48 Å². The van der Waals surface area contributed by atoms with Crippen LogP contribution in [0.1, 0.15) is 76.4 Å². The smallest absolute Gasteiger partial charge is 0.273 e. The third kappa shape index (κ3) is 6.10. The number of carbonyl (C=O) groups excluding carboxylic acids is 1. The Kier molecular flexibility index (Phi) is 7.80. The van der Waals surface area contributed by atoms with Crippen molar-refractivity contribution >= 4 is 17.5 Å². The number of ether oxygens (including phenoxy) is 1. The second kappa shape index (κ2) is 10.1. The quantitative estimate of drug-likeness (QED) is 0.555. The number of amides is 1. The molecule has 1 aliphatic rings. The van der Waals surface area contributed by atoms with Gasteiger partial charge < -0.3 is 15.2 Å². The summed E-state index contributed by atoms with van der Waals surface area (Å²) in [5.74, 6) is 0.942. The topological polar surface area (TPSA) is 76.4 Å². The molecule has 1 fully saturated rings. The number of halogens is 1. The highest BCUT2D eigenvalue weighted by Crippen LogP contribution is 2.38. The summed E-state index contributed by atoms with van der Waals surface area (Å²) in [5, 5.41) is 18.5. The molecule has 1 aliphatic carbocycles. The zero-order valence-corrected chi connectivity index (χ0v) is 21.6. The van der Waals surface area contributed by atoms with Gasteiger partial charge in [-0.25, -0.2) is 0 Å². The van der Waals surface area contributed by atoms with E-state index in [0.717, 1.165) is 24.8 Å². The molecule has 0 atom stereocenters. The molecular formula is C26H38ClN3O3. The number of aryl methyl sites for hydroxylation is 1. The first-order chi connectivity index (χ1) is 15.5. The van der Waals surface area contributed by atoms with Crippen molar-refractivity contribution in [3.63, 3.8) is 0 Å². The number of nitrogens with one attached hydrogen (secondary N) is 1. The number of methoxy groups -OCH3 is 1. The van der Waals surface area contributed by atoms with Crippen LogP contribution >= 0.6 is 11.6 Å². The number of aliphatic hydroxyl groups is 1. The molecule has 1 amide bonds. The van der Waals surface area contributed by atoms with Crippen molar-refractivity contribution in [1.82, 2.24) is 15.1 Å². The molecule has 1 heterocycles. The Morgan fingerprint density at radius 3 is 2.58 bits per heavy atom. The van der Waals surface area contributed by atoms with E-state index in [-0.39, 0.29) is 23.6 Å². The summed E-state index contributed by atoms with van der Waals surface area (Å²) in [6.07, 6.45) is 4.23. The summed E-state index contributed by atoms with van der Waals surface area (Å²) in [5.41, 5.74) is 2.09. The molecular weight excluding hydrogens is 438 g/mol. The van der Waals surface area contributed by atoms with Gasteiger partial charge in [0.05, 0.1) is 23.4 Å². The Bertz CT molecular complexity index is 985. The second-order valence-corrected chi connectivity index (χ2v) is 11.1. The molecule has 0 bridgehead atoms. The lowest BCUT2D eigenvalue weighted by molar-refractivity contribution is -0.00544. The van der Waals surface area contributed by atoms with E-state index in [2.05, 4.69) is 44.2 Å². The average molecular weight is 476 g/mol. The first-order valence-electron chi connectivity index (χ1n) is 11.9. The van der Waals surface area contributed by atoms with Crippen molar-refractivity contribution in [2.45, 2.75) is 78.9 Å². The Labute approximate surface area is 202 Å². The summed E-state index contributed by atoms with van der Waals surface area (Å²) in [7, 11) is 1.64. The molecule has 2 aromatic rings. The van der Waals surface area contributed by atoms with E-state index in [1.807, 2.05) is 19.1 Å². The Morgan fingerprint density at radius 1 is 1.33 bits per heavy atom. The molecule has 0 unspecified atom stereocenters. The predicted octanol–water partition coefficient (Wildman–Crippen LogP) is 5.49. The Morgan fingerprint density at radius 2 is 2.00 bits per heavy atom. The average Bonchev–Trinajstić information content (AvgIpc) is 3.09. The third-order valence-corrected chi connectivity index (χ3v) is 6.81. The van der Waals surface area contributed by atoms with Crippen molar-refractivity contribution in [1.29, 1.82) is 0 Å². The van der Waals surface area contributed by atoms with Gasteiger partial charge in [-0.05, 0) is 68.1 Å². The number of rotatable bonds is 7. The molecule has 1 aromatic heterocycles. The highest BCUT2D eigenvalue weighted by Gasteiger charge is 2.33. The van der Waals surface area contributed by atoms with Gasteiger partial charge in [0.1, 0.15) is 5.75 Å². The van der Waals surface area contributed by atoms with Gasteiger partial charge in [-0.2, -0.15) is 5.10 Å². The van der Waals surface area contributed by atoms with Crippen LogP contribution in [-0.2, 0) is 13.0 Å². The molecule has 33 heavy (non-hydrogen) atoms. The summed E-state index contributed by atoms with van der Waals surface area (Å²) >= 11 is 6.73. The minimum absolute atomic E-state index is 0.154. The first-order valence-corrected chi connectivity index (χ1v) is 12.3. The molecule has 1 aromatic carbocycles. The number of hydrogen-bond acceptors (Lipinski definition) is 4. The Hall–Kier alpha value is -2.05. The standard InChI is InChI=1S/C26H38ClN3O3/c1-7-30-23(19-9-8-18(14-20(19)33-6)15-25(3,4)5)21(27)22(29-30)24(31)28-16-26(32)12-10-17(2)11-13-26/h8-9,14,17,32H,7,10-13,15-16H2,1-6H3,(H,28,31). The minimum atomic E-state index is -0.864. The van der Waals surface area contributed by atoms with E-state index in [1.165, 1.54) is 5.56 Å². The fourth-order valence-electron chi connectivity index (χ4n) is 4.53. The van der Waals surface area contributed by atoms with Crippen LogP contribution < -0.4 is 10.1 Å². The van der Waals surface area contributed by atoms with Gasteiger partial charge in [0.15, 0.2) is 5.69 Å². The van der Waals surface area contributed by atoms with Crippen molar-refractivity contribution in [3.8, 4) is 17.0 Å². The van der Waals surface area contributed by atoms with Crippen LogP contribution in [0.15, 0.2) is 18.2 Å². The molecule has 3 rings (SSSR count). The zero-order valence-electron chi connectivity index (χ0n) is 20.8. The lowest BCUT2D eigenvalue weighted by atomic mass is 9.79. The van der Waals surface area contributed by atoms with Crippen molar-refractivity contribution in [3.05, 3.63) is 34.5 Å². The van der Waals surface area contributed by atoms with E-state index in [9.17, 15) is 9.90 Å². The summed E-state index contributed by atoms with van der Waals surface area (Å²) in [6.45, 7) is 11.5. The molecule has 0 spiro atoms. The van der Waals surface area contributed by atoms with E-state index in [4.69, 9.17) is 16.3 Å². The maximum atomic E-state index is 13.0. The highest BCUT2D eigenvalue weighted by atomic mass is 35.5. The van der Waals surface area contributed by atoms with Crippen LogP contribution in [0.3, 0.4) is 0 Å². The molecule has 1 saturated carbocycles. The van der Waals surface area contributed by atoms with E-state index in [1.54, 1.807) is 11.8 Å². The van der Waals surface area contributed by atoms with Crippen LogP contribution in [-0.4, -0.2) is 40.0 Å². The van der Waals surface area contributed by atoms with Gasteiger partial charge in [-0.15, -0.1) is 0 Å². The van der Waals surface area contributed by atoms with Crippen molar-refractivity contribution in [2.75, 3.05) is 13.7 Å². The van der Waals surface area contributed by atoms with E-state index >= 15 is 0 Å². The van der Waals surface area contributed by atoms with Crippen LogP contribution in [0.4, 0.5) is 0 Å². The molecule has 2 N–H and O–H groups in total. The van der Waals surface area contributed by atoms with Gasteiger partial charge >= 0.3 is 0 Å². The van der Waals surface area contributed by atoms with Crippen LogP contribution in [0, 0.1) is 11.3 Å². The zero-order chi connectivity index (χ0) is 24.4. The predicted molar refractivity (Wildman–Crippen MR) is 133 cm³/mol. The summed E-state index contributed by atoms with van der Waals surface area (Å²) in [6, 6.07) is 6.09. The van der Waals surface area contributed by atoms with Gasteiger partial charge in [0.25, 0.3) is 5.91 Å². The summed E-state index contributed by atoms with van der Waals surface area (Å²) < 4.78 is 7.43. The minimum Gasteiger partial charge on any atom is -0.496 e. The summed E-state index contributed by atoms with van der Waals surface area (Å²) in [4.78, 5) is 13.0. The van der Waals surface area contributed by atoms with Crippen molar-refractivity contribution < 1.29 is 14.6 Å². The monoisotopic (exact) mass is 475 g/mol. The fourth-order valence-corrected chi connectivity index (χ4v) is 4.85. The largest absolute Gasteiger partial charge is 0.496 e.